The molecular formula is C26H21N3O3. The van der Waals surface area contributed by atoms with Crippen molar-refractivity contribution >= 4 is 28.4 Å². The number of carbonyl (C=O) groups is 2. The number of Topliss-reactive ketones (excluding diaryl/α,β-unsaturated/α-hetero) is 1. The molecule has 1 aliphatic heterocycles. The Kier molecular flexibility index (Phi) is 4.82. The molecule has 3 heterocycles. The van der Waals surface area contributed by atoms with Crippen molar-refractivity contribution in [1.29, 1.82) is 0 Å². The molecular weight excluding hydrogens is 402 g/mol. The number of nitrogens with zero attached hydrogens (tertiary/aromatic N) is 2. The minimum absolute atomic E-state index is 0.0879. The highest BCUT2D eigenvalue weighted by Crippen LogP contribution is 2.40. The molecule has 6 nitrogen and oxygen atoms in total. The molecule has 6 heteroatoms. The summed E-state index contributed by atoms with van der Waals surface area (Å²) in [5.74, 6) is -1.51. The molecule has 2 N–H and O–H groups in total. The van der Waals surface area contributed by atoms with E-state index in [0.29, 0.717) is 5.56 Å². The van der Waals surface area contributed by atoms with E-state index in [2.05, 4.69) is 9.97 Å². The minimum Gasteiger partial charge on any atom is -0.507 e. The first kappa shape index (κ1) is 19.8. The second-order valence-corrected chi connectivity index (χ2v) is 7.93. The first-order valence-corrected chi connectivity index (χ1v) is 10.3. The fourth-order valence-corrected chi connectivity index (χ4v) is 4.25. The number of aromatic amines is 1. The van der Waals surface area contributed by atoms with Gasteiger partial charge in [0, 0.05) is 41.6 Å². The number of aliphatic hydroxyl groups excluding tert-OH is 1. The topological polar surface area (TPSA) is 86.3 Å². The molecule has 1 fully saturated rings. The number of ketones is 1. The number of H-pyrrole nitrogens is 1. The van der Waals surface area contributed by atoms with Gasteiger partial charge in [-0.25, -0.2) is 0 Å². The molecule has 32 heavy (non-hydrogen) atoms. The smallest absolute Gasteiger partial charge is 0.295 e. The van der Waals surface area contributed by atoms with E-state index in [9.17, 15) is 14.7 Å². The van der Waals surface area contributed by atoms with Gasteiger partial charge in [0.2, 0.25) is 0 Å². The van der Waals surface area contributed by atoms with Crippen LogP contribution in [0.15, 0.2) is 84.8 Å². The van der Waals surface area contributed by atoms with Crippen LogP contribution in [-0.2, 0) is 16.1 Å². The molecule has 158 valence electrons. The van der Waals surface area contributed by atoms with E-state index in [4.69, 9.17) is 0 Å². The number of likely N-dealkylation sites (tertiary alicyclic amines) is 1. The van der Waals surface area contributed by atoms with Crippen LogP contribution < -0.4 is 0 Å². The highest BCUT2D eigenvalue weighted by Gasteiger charge is 2.46. The van der Waals surface area contributed by atoms with Crippen LogP contribution in [0.25, 0.3) is 16.7 Å². The Morgan fingerprint density at radius 1 is 1.03 bits per heavy atom. The average molecular weight is 423 g/mol. The van der Waals surface area contributed by atoms with Gasteiger partial charge in [-0.2, -0.15) is 0 Å². The van der Waals surface area contributed by atoms with Gasteiger partial charge in [0.25, 0.3) is 11.7 Å². The molecule has 2 aromatic heterocycles. The standard InChI is InChI=1S/C26H21N3O3/c1-16-6-8-17(9-7-16)23-22(24(30)18-10-12-27-13-11-18)25(31)26(32)29(23)15-19-14-28-21-5-3-2-4-20(19)21/h2-14,23,28,30H,15H2,1H3. The highest BCUT2D eigenvalue weighted by molar-refractivity contribution is 6.46. The summed E-state index contributed by atoms with van der Waals surface area (Å²) >= 11 is 0. The summed E-state index contributed by atoms with van der Waals surface area (Å²) in [7, 11) is 0. The minimum atomic E-state index is -0.697. The Morgan fingerprint density at radius 2 is 1.75 bits per heavy atom. The molecule has 0 aliphatic carbocycles. The van der Waals surface area contributed by atoms with Crippen LogP contribution in [0.1, 0.15) is 28.3 Å². The number of para-hydroxylation sites is 1. The predicted octanol–water partition coefficient (Wildman–Crippen LogP) is 4.49. The lowest BCUT2D eigenvalue weighted by atomic mass is 9.95. The maximum absolute atomic E-state index is 13.2. The largest absolute Gasteiger partial charge is 0.507 e. The van der Waals surface area contributed by atoms with Crippen molar-refractivity contribution in [2.75, 3.05) is 0 Å². The van der Waals surface area contributed by atoms with Crippen molar-refractivity contribution in [3.05, 3.63) is 107 Å². The number of aryl methyl sites for hydroxylation is 1. The van der Waals surface area contributed by atoms with E-state index < -0.39 is 17.7 Å². The fraction of sp³-hybridized carbons (Fsp3) is 0.115. The molecule has 1 amide bonds. The number of pyridine rings is 1. The van der Waals surface area contributed by atoms with Crippen LogP contribution in [-0.4, -0.2) is 31.7 Å². The van der Waals surface area contributed by atoms with Crippen LogP contribution in [0.4, 0.5) is 0 Å². The summed E-state index contributed by atoms with van der Waals surface area (Å²) in [6.07, 6.45) is 4.94. The van der Waals surface area contributed by atoms with Crippen molar-refractivity contribution in [3.8, 4) is 0 Å². The van der Waals surface area contributed by atoms with Gasteiger partial charge in [0.15, 0.2) is 0 Å². The summed E-state index contributed by atoms with van der Waals surface area (Å²) < 4.78 is 0. The summed E-state index contributed by atoms with van der Waals surface area (Å²) in [5.41, 5.74) is 4.24. The number of amides is 1. The highest BCUT2D eigenvalue weighted by atomic mass is 16.3. The van der Waals surface area contributed by atoms with Crippen molar-refractivity contribution in [3.63, 3.8) is 0 Å². The van der Waals surface area contributed by atoms with Gasteiger partial charge >= 0.3 is 0 Å². The number of fused-ring (bicyclic) bond motifs is 1. The summed E-state index contributed by atoms with van der Waals surface area (Å²) in [6, 6.07) is 18.0. The molecule has 0 radical (unpaired) electrons. The van der Waals surface area contributed by atoms with Gasteiger partial charge < -0.3 is 15.0 Å². The zero-order valence-corrected chi connectivity index (χ0v) is 17.4. The van der Waals surface area contributed by atoms with E-state index in [1.165, 1.54) is 17.3 Å². The number of carbonyl (C=O) groups excluding carboxylic acids is 2. The molecule has 1 aliphatic rings. The van der Waals surface area contributed by atoms with Crippen LogP contribution >= 0.6 is 0 Å². The van der Waals surface area contributed by atoms with Gasteiger partial charge in [0.1, 0.15) is 5.76 Å². The van der Waals surface area contributed by atoms with Crippen molar-refractivity contribution in [2.24, 2.45) is 0 Å². The molecule has 0 saturated carbocycles. The lowest BCUT2D eigenvalue weighted by Crippen LogP contribution is -2.29. The summed E-state index contributed by atoms with van der Waals surface area (Å²) in [4.78, 5) is 35.0. The van der Waals surface area contributed by atoms with Gasteiger partial charge in [0.05, 0.1) is 11.6 Å². The van der Waals surface area contributed by atoms with Gasteiger partial charge in [-0.3, -0.25) is 14.6 Å². The number of rotatable bonds is 4. The van der Waals surface area contributed by atoms with Crippen LogP contribution in [0, 0.1) is 6.92 Å². The molecule has 1 unspecified atom stereocenters. The van der Waals surface area contributed by atoms with E-state index in [-0.39, 0.29) is 17.9 Å². The van der Waals surface area contributed by atoms with E-state index in [0.717, 1.165) is 27.6 Å². The fourth-order valence-electron chi connectivity index (χ4n) is 4.25. The Hall–Kier alpha value is -4.19. The number of aromatic nitrogens is 2. The molecule has 4 aromatic rings. The number of nitrogens with one attached hydrogen (secondary N) is 1. The maximum Gasteiger partial charge on any atom is 0.295 e. The number of aliphatic hydroxyl groups is 1. The lowest BCUT2D eigenvalue weighted by Gasteiger charge is -2.25. The summed E-state index contributed by atoms with van der Waals surface area (Å²) in [6.45, 7) is 2.21. The van der Waals surface area contributed by atoms with Gasteiger partial charge in [-0.1, -0.05) is 48.0 Å². The van der Waals surface area contributed by atoms with Crippen LogP contribution in [0.2, 0.25) is 0 Å². The normalized spacial score (nSPS) is 17.9. The molecule has 2 aromatic carbocycles. The quantitative estimate of drug-likeness (QED) is 0.288. The molecule has 5 rings (SSSR count). The zero-order valence-electron chi connectivity index (χ0n) is 17.4. The number of hydrogen-bond donors (Lipinski definition) is 2. The predicted molar refractivity (Wildman–Crippen MR) is 122 cm³/mol. The van der Waals surface area contributed by atoms with E-state index in [1.807, 2.05) is 61.7 Å². The number of benzene rings is 2. The monoisotopic (exact) mass is 423 g/mol. The third-order valence-electron chi connectivity index (χ3n) is 5.90. The Labute approximate surface area is 184 Å². The third-order valence-corrected chi connectivity index (χ3v) is 5.90. The van der Waals surface area contributed by atoms with E-state index in [1.54, 1.807) is 12.1 Å². The Balaban J connectivity index is 1.65. The molecule has 1 saturated heterocycles. The summed E-state index contributed by atoms with van der Waals surface area (Å²) in [5, 5.41) is 12.0. The molecule has 0 bridgehead atoms. The van der Waals surface area contributed by atoms with E-state index >= 15 is 0 Å². The number of hydrogen-bond acceptors (Lipinski definition) is 4. The molecule has 1 atom stereocenters. The first-order valence-electron chi connectivity index (χ1n) is 10.3. The molecule has 0 spiro atoms. The van der Waals surface area contributed by atoms with Gasteiger partial charge in [-0.15, -0.1) is 0 Å². The van der Waals surface area contributed by atoms with Crippen LogP contribution in [0.3, 0.4) is 0 Å². The third kappa shape index (κ3) is 3.26. The Bertz CT molecular complexity index is 1350. The first-order chi connectivity index (χ1) is 15.5. The average Bonchev–Trinajstić information content (AvgIpc) is 3.34. The van der Waals surface area contributed by atoms with Crippen molar-refractivity contribution < 1.29 is 14.7 Å². The Morgan fingerprint density at radius 3 is 2.50 bits per heavy atom. The maximum atomic E-state index is 13.2. The SMILES string of the molecule is Cc1ccc(C2C(=C(O)c3ccncc3)C(=O)C(=O)N2Cc2c[nH]c3ccccc23)cc1. The zero-order chi connectivity index (χ0) is 22.2. The second kappa shape index (κ2) is 7.81. The van der Waals surface area contributed by atoms with Gasteiger partial charge in [-0.05, 0) is 36.2 Å². The van der Waals surface area contributed by atoms with Crippen LogP contribution in [0.5, 0.6) is 0 Å². The lowest BCUT2D eigenvalue weighted by molar-refractivity contribution is -0.140. The van der Waals surface area contributed by atoms with Crippen molar-refractivity contribution in [2.45, 2.75) is 19.5 Å². The van der Waals surface area contributed by atoms with Crippen molar-refractivity contribution in [1.82, 2.24) is 14.9 Å². The second-order valence-electron chi connectivity index (χ2n) is 7.93.